The van der Waals surface area contributed by atoms with Crippen LogP contribution < -0.4 is 0 Å². The van der Waals surface area contributed by atoms with E-state index in [-0.39, 0.29) is 5.38 Å². The molecule has 2 heterocycles. The fourth-order valence-electron chi connectivity index (χ4n) is 1.15. The summed E-state index contributed by atoms with van der Waals surface area (Å²) in [7, 11) is 0. The van der Waals surface area contributed by atoms with E-state index in [9.17, 15) is 0 Å². The van der Waals surface area contributed by atoms with E-state index in [0.717, 1.165) is 12.1 Å². The average Bonchev–Trinajstić information content (AvgIpc) is 2.88. The van der Waals surface area contributed by atoms with Gasteiger partial charge in [-0.1, -0.05) is 17.3 Å². The van der Waals surface area contributed by atoms with Gasteiger partial charge in [0.05, 0.1) is 11.6 Å². The standard InChI is InChI=1S/C8H10ClN5O/c1-2-6(9)7-3-14(13-12-7)4-8-10-5-11-15-8/h3,5-6H,2,4H2,1H3. The molecule has 0 aromatic carbocycles. The molecule has 0 bridgehead atoms. The Morgan fingerprint density at radius 2 is 2.47 bits per heavy atom. The highest BCUT2D eigenvalue weighted by molar-refractivity contribution is 6.20. The van der Waals surface area contributed by atoms with E-state index in [0.29, 0.717) is 12.4 Å². The summed E-state index contributed by atoms with van der Waals surface area (Å²) in [5.74, 6) is 0.495. The molecule has 1 unspecified atom stereocenters. The minimum atomic E-state index is -0.0959. The van der Waals surface area contributed by atoms with E-state index in [1.165, 1.54) is 6.33 Å². The van der Waals surface area contributed by atoms with E-state index >= 15 is 0 Å². The maximum Gasteiger partial charge on any atom is 0.248 e. The normalized spacial score (nSPS) is 12.9. The quantitative estimate of drug-likeness (QED) is 0.739. The van der Waals surface area contributed by atoms with Gasteiger partial charge in [-0.05, 0) is 6.42 Å². The van der Waals surface area contributed by atoms with Crippen LogP contribution in [0.15, 0.2) is 17.0 Å². The summed E-state index contributed by atoms with van der Waals surface area (Å²) in [4.78, 5) is 3.89. The maximum absolute atomic E-state index is 6.02. The summed E-state index contributed by atoms with van der Waals surface area (Å²) in [5.41, 5.74) is 0.763. The largest absolute Gasteiger partial charge is 0.338 e. The molecule has 15 heavy (non-hydrogen) atoms. The third-order valence-electron chi connectivity index (χ3n) is 1.94. The Morgan fingerprint density at radius 1 is 1.60 bits per heavy atom. The van der Waals surface area contributed by atoms with Gasteiger partial charge in [-0.15, -0.1) is 16.7 Å². The minimum absolute atomic E-state index is 0.0959. The van der Waals surface area contributed by atoms with Crippen LogP contribution in [0.5, 0.6) is 0 Å². The molecule has 0 saturated carbocycles. The van der Waals surface area contributed by atoms with Crippen molar-refractivity contribution < 1.29 is 4.52 Å². The van der Waals surface area contributed by atoms with Crippen LogP contribution in [0.4, 0.5) is 0 Å². The van der Waals surface area contributed by atoms with Crippen LogP contribution >= 0.6 is 11.6 Å². The molecule has 1 atom stereocenters. The Labute approximate surface area is 91.2 Å². The summed E-state index contributed by atoms with van der Waals surface area (Å²) in [6.45, 7) is 2.41. The SMILES string of the molecule is CCC(Cl)c1cn(Cc2ncno2)nn1. The van der Waals surface area contributed by atoms with E-state index in [1.807, 2.05) is 6.92 Å². The van der Waals surface area contributed by atoms with E-state index in [4.69, 9.17) is 16.1 Å². The van der Waals surface area contributed by atoms with Gasteiger partial charge in [0, 0.05) is 0 Å². The molecular formula is C8H10ClN5O. The van der Waals surface area contributed by atoms with Crippen LogP contribution in [0.1, 0.15) is 30.3 Å². The van der Waals surface area contributed by atoms with Gasteiger partial charge in [0.15, 0.2) is 6.33 Å². The first kappa shape index (κ1) is 10.1. The van der Waals surface area contributed by atoms with Gasteiger partial charge >= 0.3 is 0 Å². The Balaban J connectivity index is 2.07. The van der Waals surface area contributed by atoms with Gasteiger partial charge < -0.3 is 4.52 Å². The third kappa shape index (κ3) is 2.33. The van der Waals surface area contributed by atoms with Crippen molar-refractivity contribution in [1.82, 2.24) is 25.1 Å². The number of alkyl halides is 1. The Hall–Kier alpha value is -1.43. The number of aromatic nitrogens is 5. The molecule has 2 aromatic rings. The topological polar surface area (TPSA) is 69.6 Å². The second-order valence-corrected chi connectivity index (χ2v) is 3.58. The lowest BCUT2D eigenvalue weighted by Gasteiger charge is -1.98. The zero-order valence-corrected chi connectivity index (χ0v) is 8.92. The minimum Gasteiger partial charge on any atom is -0.338 e. The molecule has 0 spiro atoms. The van der Waals surface area contributed by atoms with Gasteiger partial charge in [-0.25, -0.2) is 4.68 Å². The summed E-state index contributed by atoms with van der Waals surface area (Å²) in [6.07, 6.45) is 3.95. The van der Waals surface area contributed by atoms with Crippen molar-refractivity contribution >= 4 is 11.6 Å². The Bertz CT molecular complexity index is 412. The lowest BCUT2D eigenvalue weighted by atomic mass is 10.3. The fourth-order valence-corrected chi connectivity index (χ4v) is 1.25. The molecular weight excluding hydrogens is 218 g/mol. The van der Waals surface area contributed by atoms with Crippen LogP contribution in [0, 0.1) is 0 Å². The number of halogens is 1. The van der Waals surface area contributed by atoms with Crippen molar-refractivity contribution in [1.29, 1.82) is 0 Å². The summed E-state index contributed by atoms with van der Waals surface area (Å²) < 4.78 is 6.47. The molecule has 0 aliphatic carbocycles. The van der Waals surface area contributed by atoms with Crippen LogP contribution in [-0.2, 0) is 6.54 Å². The van der Waals surface area contributed by atoms with Gasteiger partial charge in [0.25, 0.3) is 0 Å². The lowest BCUT2D eigenvalue weighted by Crippen LogP contribution is -2.00. The molecule has 80 valence electrons. The molecule has 2 rings (SSSR count). The smallest absolute Gasteiger partial charge is 0.248 e. The fraction of sp³-hybridized carbons (Fsp3) is 0.500. The van der Waals surface area contributed by atoms with E-state index in [1.54, 1.807) is 10.9 Å². The van der Waals surface area contributed by atoms with Crippen molar-refractivity contribution in [2.24, 2.45) is 0 Å². The molecule has 0 aliphatic rings. The molecule has 0 aliphatic heterocycles. The molecule has 0 saturated heterocycles. The third-order valence-corrected chi connectivity index (χ3v) is 2.47. The van der Waals surface area contributed by atoms with Crippen LogP contribution in [0.2, 0.25) is 0 Å². The predicted molar refractivity (Wildman–Crippen MR) is 52.3 cm³/mol. The van der Waals surface area contributed by atoms with Crippen LogP contribution in [-0.4, -0.2) is 25.1 Å². The molecule has 7 heteroatoms. The molecule has 0 fully saturated rings. The summed E-state index contributed by atoms with van der Waals surface area (Å²) >= 11 is 6.02. The number of nitrogens with zero attached hydrogens (tertiary/aromatic N) is 5. The second kappa shape index (κ2) is 4.39. The molecule has 0 amide bonds. The number of hydrogen-bond acceptors (Lipinski definition) is 5. The van der Waals surface area contributed by atoms with E-state index in [2.05, 4.69) is 20.5 Å². The van der Waals surface area contributed by atoms with Crippen molar-refractivity contribution in [2.45, 2.75) is 25.3 Å². The highest BCUT2D eigenvalue weighted by Crippen LogP contribution is 2.20. The van der Waals surface area contributed by atoms with Gasteiger partial charge in [-0.3, -0.25) is 0 Å². The molecule has 0 N–H and O–H groups in total. The number of rotatable bonds is 4. The van der Waals surface area contributed by atoms with Crippen molar-refractivity contribution in [3.05, 3.63) is 24.1 Å². The zero-order valence-electron chi connectivity index (χ0n) is 8.17. The molecule has 6 nitrogen and oxygen atoms in total. The zero-order chi connectivity index (χ0) is 10.7. The Kier molecular flexibility index (Phi) is 2.96. The lowest BCUT2D eigenvalue weighted by molar-refractivity contribution is 0.363. The highest BCUT2D eigenvalue weighted by Gasteiger charge is 2.10. The first-order valence-electron chi connectivity index (χ1n) is 4.59. The maximum atomic E-state index is 6.02. The monoisotopic (exact) mass is 227 g/mol. The summed E-state index contributed by atoms with van der Waals surface area (Å²) in [6, 6.07) is 0. The van der Waals surface area contributed by atoms with Gasteiger partial charge in [0.1, 0.15) is 12.2 Å². The van der Waals surface area contributed by atoms with Crippen molar-refractivity contribution in [2.75, 3.05) is 0 Å². The Morgan fingerprint density at radius 3 is 3.13 bits per heavy atom. The van der Waals surface area contributed by atoms with E-state index < -0.39 is 0 Å². The average molecular weight is 228 g/mol. The first-order chi connectivity index (χ1) is 7.29. The van der Waals surface area contributed by atoms with Crippen LogP contribution in [0.25, 0.3) is 0 Å². The molecule has 0 radical (unpaired) electrons. The summed E-state index contributed by atoms with van der Waals surface area (Å²) in [5, 5.41) is 11.3. The highest BCUT2D eigenvalue weighted by atomic mass is 35.5. The van der Waals surface area contributed by atoms with Crippen LogP contribution in [0.3, 0.4) is 0 Å². The van der Waals surface area contributed by atoms with Crippen molar-refractivity contribution in [3.63, 3.8) is 0 Å². The number of hydrogen-bond donors (Lipinski definition) is 0. The van der Waals surface area contributed by atoms with Gasteiger partial charge in [0.2, 0.25) is 5.89 Å². The predicted octanol–water partition coefficient (Wildman–Crippen LogP) is 1.40. The van der Waals surface area contributed by atoms with Crippen molar-refractivity contribution in [3.8, 4) is 0 Å². The first-order valence-corrected chi connectivity index (χ1v) is 5.03. The molecule has 2 aromatic heterocycles. The second-order valence-electron chi connectivity index (χ2n) is 3.05. The van der Waals surface area contributed by atoms with Gasteiger partial charge in [-0.2, -0.15) is 4.98 Å².